The first-order chi connectivity index (χ1) is 9.13. The van der Waals surface area contributed by atoms with Crippen LogP contribution in [0.15, 0.2) is 23.0 Å². The molecule has 108 valence electrons. The molecule has 19 heavy (non-hydrogen) atoms. The van der Waals surface area contributed by atoms with Gasteiger partial charge in [-0.05, 0) is 26.0 Å². The van der Waals surface area contributed by atoms with Crippen LogP contribution in [-0.2, 0) is 16.8 Å². The molecule has 1 aliphatic rings. The Morgan fingerprint density at radius 3 is 3.00 bits per heavy atom. The SMILES string of the molecule is CNCC1CCCCN1S(=O)(=O)NCc1ccoc1. The third-order valence-corrected chi connectivity index (χ3v) is 4.97. The van der Waals surface area contributed by atoms with E-state index in [1.54, 1.807) is 16.6 Å². The number of hydrogen-bond donors (Lipinski definition) is 2. The van der Waals surface area contributed by atoms with Crippen LogP contribution < -0.4 is 10.0 Å². The third-order valence-electron chi connectivity index (χ3n) is 3.36. The monoisotopic (exact) mass is 287 g/mol. The van der Waals surface area contributed by atoms with Crippen LogP contribution in [0.4, 0.5) is 0 Å². The Kier molecular flexibility index (Phi) is 4.98. The van der Waals surface area contributed by atoms with Crippen LogP contribution >= 0.6 is 0 Å². The van der Waals surface area contributed by atoms with Gasteiger partial charge in [-0.1, -0.05) is 6.42 Å². The molecule has 1 aliphatic heterocycles. The number of nitrogens with zero attached hydrogens (tertiary/aromatic N) is 1. The van der Waals surface area contributed by atoms with Crippen LogP contribution in [0.25, 0.3) is 0 Å². The van der Waals surface area contributed by atoms with Crippen molar-refractivity contribution in [3.8, 4) is 0 Å². The Morgan fingerprint density at radius 1 is 1.47 bits per heavy atom. The maximum atomic E-state index is 12.3. The fourth-order valence-corrected chi connectivity index (χ4v) is 3.84. The van der Waals surface area contributed by atoms with Crippen molar-refractivity contribution < 1.29 is 12.8 Å². The van der Waals surface area contributed by atoms with Gasteiger partial charge in [-0.15, -0.1) is 0 Å². The zero-order chi connectivity index (χ0) is 13.7. The van der Waals surface area contributed by atoms with Gasteiger partial charge in [0.2, 0.25) is 0 Å². The summed E-state index contributed by atoms with van der Waals surface area (Å²) in [7, 11) is -1.58. The molecule has 1 aromatic heterocycles. The van der Waals surface area contributed by atoms with Crippen LogP contribution in [0.3, 0.4) is 0 Å². The number of rotatable bonds is 6. The Hall–Kier alpha value is -0.890. The Labute approximate surface area is 114 Å². The second-order valence-corrected chi connectivity index (χ2v) is 6.48. The second-order valence-electron chi connectivity index (χ2n) is 4.78. The van der Waals surface area contributed by atoms with Gasteiger partial charge in [-0.25, -0.2) is 0 Å². The Bertz CT molecular complexity index is 470. The van der Waals surface area contributed by atoms with E-state index in [-0.39, 0.29) is 12.6 Å². The first kappa shape index (κ1) is 14.5. The number of furan rings is 1. The van der Waals surface area contributed by atoms with E-state index in [1.165, 1.54) is 6.26 Å². The van der Waals surface area contributed by atoms with Gasteiger partial charge in [0.15, 0.2) is 0 Å². The molecular weight excluding hydrogens is 266 g/mol. The molecule has 0 spiro atoms. The predicted molar refractivity (Wildman–Crippen MR) is 72.7 cm³/mol. The van der Waals surface area contributed by atoms with E-state index in [2.05, 4.69) is 10.0 Å². The molecule has 6 nitrogen and oxygen atoms in total. The first-order valence-corrected chi connectivity index (χ1v) is 7.99. The van der Waals surface area contributed by atoms with E-state index in [0.717, 1.165) is 24.8 Å². The Balaban J connectivity index is 2.00. The molecule has 0 amide bonds. The molecule has 0 radical (unpaired) electrons. The average molecular weight is 287 g/mol. The van der Waals surface area contributed by atoms with Crippen molar-refractivity contribution in [2.75, 3.05) is 20.1 Å². The van der Waals surface area contributed by atoms with E-state index in [4.69, 9.17) is 4.42 Å². The lowest BCUT2D eigenvalue weighted by Crippen LogP contribution is -2.51. The van der Waals surface area contributed by atoms with Gasteiger partial charge in [0, 0.05) is 31.2 Å². The van der Waals surface area contributed by atoms with Gasteiger partial charge in [0.25, 0.3) is 10.2 Å². The molecular formula is C12H21N3O3S. The number of nitrogens with one attached hydrogen (secondary N) is 2. The normalized spacial score (nSPS) is 21.6. The quantitative estimate of drug-likeness (QED) is 0.807. The maximum Gasteiger partial charge on any atom is 0.280 e. The largest absolute Gasteiger partial charge is 0.472 e. The maximum absolute atomic E-state index is 12.3. The summed E-state index contributed by atoms with van der Waals surface area (Å²) < 4.78 is 33.8. The lowest BCUT2D eigenvalue weighted by Gasteiger charge is -2.34. The minimum atomic E-state index is -3.43. The molecule has 0 aliphatic carbocycles. The highest BCUT2D eigenvalue weighted by Crippen LogP contribution is 2.19. The minimum absolute atomic E-state index is 0.0422. The molecule has 1 saturated heterocycles. The van der Waals surface area contributed by atoms with Crippen LogP contribution in [-0.4, -0.2) is 38.9 Å². The molecule has 2 rings (SSSR count). The summed E-state index contributed by atoms with van der Waals surface area (Å²) in [5.41, 5.74) is 0.825. The molecule has 1 atom stereocenters. The van der Waals surface area contributed by atoms with Gasteiger partial charge in [-0.2, -0.15) is 17.4 Å². The van der Waals surface area contributed by atoms with E-state index in [0.29, 0.717) is 13.1 Å². The van der Waals surface area contributed by atoms with Crippen LogP contribution in [0.2, 0.25) is 0 Å². The van der Waals surface area contributed by atoms with E-state index >= 15 is 0 Å². The number of hydrogen-bond acceptors (Lipinski definition) is 4. The zero-order valence-corrected chi connectivity index (χ0v) is 11.9. The van der Waals surface area contributed by atoms with Gasteiger partial charge in [0.05, 0.1) is 12.5 Å². The summed E-state index contributed by atoms with van der Waals surface area (Å²) >= 11 is 0. The molecule has 7 heteroatoms. The summed E-state index contributed by atoms with van der Waals surface area (Å²) in [6.07, 6.45) is 6.00. The highest BCUT2D eigenvalue weighted by molar-refractivity contribution is 7.87. The van der Waals surface area contributed by atoms with Crippen molar-refractivity contribution in [3.63, 3.8) is 0 Å². The van der Waals surface area contributed by atoms with Crippen molar-refractivity contribution in [3.05, 3.63) is 24.2 Å². The summed E-state index contributed by atoms with van der Waals surface area (Å²) in [6, 6.07) is 1.80. The van der Waals surface area contributed by atoms with Gasteiger partial charge in [0.1, 0.15) is 0 Å². The number of likely N-dealkylation sites (N-methyl/N-ethyl adjacent to an activating group) is 1. The van der Waals surface area contributed by atoms with Crippen LogP contribution in [0, 0.1) is 0 Å². The lowest BCUT2D eigenvalue weighted by molar-refractivity contribution is 0.246. The van der Waals surface area contributed by atoms with Gasteiger partial charge >= 0.3 is 0 Å². The zero-order valence-electron chi connectivity index (χ0n) is 11.1. The topological polar surface area (TPSA) is 74.6 Å². The summed E-state index contributed by atoms with van der Waals surface area (Å²) in [5.74, 6) is 0. The van der Waals surface area contributed by atoms with Crippen molar-refractivity contribution in [2.45, 2.75) is 31.8 Å². The van der Waals surface area contributed by atoms with Crippen molar-refractivity contribution in [1.82, 2.24) is 14.3 Å². The Morgan fingerprint density at radius 2 is 2.32 bits per heavy atom. The molecule has 0 saturated carbocycles. The standard InChI is InChI=1S/C12H21N3O3S/c1-13-9-12-4-2-3-6-15(12)19(16,17)14-8-11-5-7-18-10-11/h5,7,10,12-14H,2-4,6,8-9H2,1H3. The molecule has 0 aromatic carbocycles. The average Bonchev–Trinajstić information content (AvgIpc) is 2.91. The fraction of sp³-hybridized carbons (Fsp3) is 0.667. The van der Waals surface area contributed by atoms with Crippen LogP contribution in [0.5, 0.6) is 0 Å². The summed E-state index contributed by atoms with van der Waals surface area (Å²) in [5, 5.41) is 3.06. The highest BCUT2D eigenvalue weighted by atomic mass is 32.2. The molecule has 1 aromatic rings. The van der Waals surface area contributed by atoms with Crippen molar-refractivity contribution >= 4 is 10.2 Å². The molecule has 1 unspecified atom stereocenters. The molecule has 2 heterocycles. The van der Waals surface area contributed by atoms with Gasteiger partial charge in [-0.3, -0.25) is 0 Å². The van der Waals surface area contributed by atoms with E-state index in [1.807, 2.05) is 7.05 Å². The van der Waals surface area contributed by atoms with E-state index in [9.17, 15) is 8.42 Å². The molecule has 2 N–H and O–H groups in total. The van der Waals surface area contributed by atoms with E-state index < -0.39 is 10.2 Å². The van der Waals surface area contributed by atoms with Crippen molar-refractivity contribution in [2.24, 2.45) is 0 Å². The van der Waals surface area contributed by atoms with Gasteiger partial charge < -0.3 is 9.73 Å². The highest BCUT2D eigenvalue weighted by Gasteiger charge is 2.31. The van der Waals surface area contributed by atoms with Crippen molar-refractivity contribution in [1.29, 1.82) is 0 Å². The second kappa shape index (κ2) is 6.51. The summed E-state index contributed by atoms with van der Waals surface area (Å²) in [4.78, 5) is 0. The lowest BCUT2D eigenvalue weighted by atomic mass is 10.1. The summed E-state index contributed by atoms with van der Waals surface area (Å²) in [6.45, 7) is 1.54. The third kappa shape index (κ3) is 3.79. The first-order valence-electron chi connectivity index (χ1n) is 6.55. The minimum Gasteiger partial charge on any atom is -0.472 e. The molecule has 1 fully saturated rings. The number of piperidine rings is 1. The fourth-order valence-electron chi connectivity index (χ4n) is 2.38. The predicted octanol–water partition coefficient (Wildman–Crippen LogP) is 0.688. The molecule has 0 bridgehead atoms. The van der Waals surface area contributed by atoms with Crippen LogP contribution in [0.1, 0.15) is 24.8 Å². The smallest absolute Gasteiger partial charge is 0.280 e.